The molecule has 0 aliphatic rings. The summed E-state index contributed by atoms with van der Waals surface area (Å²) in [5.74, 6) is 0.800. The summed E-state index contributed by atoms with van der Waals surface area (Å²) in [6, 6.07) is 13.5. The summed E-state index contributed by atoms with van der Waals surface area (Å²) in [7, 11) is 3.69. The molecule has 0 aromatic heterocycles. The zero-order valence-electron chi connectivity index (χ0n) is 17.0. The van der Waals surface area contributed by atoms with Crippen molar-refractivity contribution in [2.75, 3.05) is 38.8 Å². The lowest BCUT2D eigenvalue weighted by Gasteiger charge is -2.24. The molecule has 148 valence electrons. The maximum Gasteiger partial charge on any atom is 0.165 e. The van der Waals surface area contributed by atoms with E-state index in [4.69, 9.17) is 9.47 Å². The number of rotatable bonds is 10. The first-order valence-electron chi connectivity index (χ1n) is 9.45. The van der Waals surface area contributed by atoms with Gasteiger partial charge in [0.25, 0.3) is 0 Å². The molecular formula is C22H31FN2O2. The van der Waals surface area contributed by atoms with E-state index < -0.39 is 0 Å². The second-order valence-electron chi connectivity index (χ2n) is 6.90. The van der Waals surface area contributed by atoms with Crippen LogP contribution in [0.25, 0.3) is 0 Å². The van der Waals surface area contributed by atoms with Gasteiger partial charge in [-0.15, -0.1) is 0 Å². The molecule has 0 N–H and O–H groups in total. The van der Waals surface area contributed by atoms with Crippen molar-refractivity contribution in [2.45, 2.75) is 33.4 Å². The smallest absolute Gasteiger partial charge is 0.165 e. The Labute approximate surface area is 162 Å². The fourth-order valence-corrected chi connectivity index (χ4v) is 2.73. The van der Waals surface area contributed by atoms with Gasteiger partial charge in [-0.1, -0.05) is 12.1 Å². The zero-order chi connectivity index (χ0) is 19.8. The van der Waals surface area contributed by atoms with Gasteiger partial charge in [0.15, 0.2) is 11.6 Å². The standard InChI is InChI=1S/C22H31FN2O2/c1-6-25(19-8-7-9-20(15-19)26-5)16-18-10-11-22(21(23)14-18)27-13-12-24(4)17(2)3/h7-11,14-15,17H,6,12-13,16H2,1-5H3. The molecule has 0 atom stereocenters. The number of ether oxygens (including phenoxy) is 2. The minimum absolute atomic E-state index is 0.306. The summed E-state index contributed by atoms with van der Waals surface area (Å²) in [6.07, 6.45) is 0. The summed E-state index contributed by atoms with van der Waals surface area (Å²) < 4.78 is 25.3. The van der Waals surface area contributed by atoms with E-state index in [1.54, 1.807) is 19.2 Å². The highest BCUT2D eigenvalue weighted by Gasteiger charge is 2.10. The second-order valence-corrected chi connectivity index (χ2v) is 6.90. The highest BCUT2D eigenvalue weighted by Crippen LogP contribution is 2.24. The van der Waals surface area contributed by atoms with E-state index in [0.717, 1.165) is 30.1 Å². The molecule has 5 heteroatoms. The van der Waals surface area contributed by atoms with E-state index in [9.17, 15) is 4.39 Å². The molecule has 0 spiro atoms. The van der Waals surface area contributed by atoms with Crippen molar-refractivity contribution >= 4 is 5.69 Å². The monoisotopic (exact) mass is 374 g/mol. The molecule has 0 aliphatic carbocycles. The van der Waals surface area contributed by atoms with E-state index in [1.807, 2.05) is 37.4 Å². The van der Waals surface area contributed by atoms with Crippen LogP contribution in [0.1, 0.15) is 26.3 Å². The van der Waals surface area contributed by atoms with Gasteiger partial charge in [-0.05, 0) is 57.6 Å². The molecule has 0 saturated carbocycles. The average molecular weight is 375 g/mol. The molecule has 2 rings (SSSR count). The Morgan fingerprint density at radius 3 is 2.52 bits per heavy atom. The summed E-state index contributed by atoms with van der Waals surface area (Å²) in [5, 5.41) is 0. The molecule has 27 heavy (non-hydrogen) atoms. The first-order chi connectivity index (χ1) is 12.9. The molecule has 0 bridgehead atoms. The van der Waals surface area contributed by atoms with Crippen LogP contribution in [-0.2, 0) is 6.54 Å². The fourth-order valence-electron chi connectivity index (χ4n) is 2.73. The second kappa shape index (κ2) is 10.2. The highest BCUT2D eigenvalue weighted by atomic mass is 19.1. The van der Waals surface area contributed by atoms with Crippen LogP contribution in [0.3, 0.4) is 0 Å². The molecule has 4 nitrogen and oxygen atoms in total. The molecule has 2 aromatic rings. The van der Waals surface area contributed by atoms with Crippen molar-refractivity contribution in [3.8, 4) is 11.5 Å². The van der Waals surface area contributed by atoms with Crippen molar-refractivity contribution < 1.29 is 13.9 Å². The van der Waals surface area contributed by atoms with Gasteiger partial charge in [-0.25, -0.2) is 4.39 Å². The quantitative estimate of drug-likeness (QED) is 0.608. The lowest BCUT2D eigenvalue weighted by atomic mass is 10.1. The van der Waals surface area contributed by atoms with Gasteiger partial charge in [-0.2, -0.15) is 0 Å². The predicted molar refractivity (Wildman–Crippen MR) is 109 cm³/mol. The molecule has 2 aromatic carbocycles. The van der Waals surface area contributed by atoms with Crippen molar-refractivity contribution in [1.29, 1.82) is 0 Å². The Morgan fingerprint density at radius 2 is 1.89 bits per heavy atom. The maximum atomic E-state index is 14.4. The van der Waals surface area contributed by atoms with E-state index in [0.29, 0.717) is 24.9 Å². The Kier molecular flexibility index (Phi) is 7.92. The van der Waals surface area contributed by atoms with Crippen molar-refractivity contribution in [2.24, 2.45) is 0 Å². The molecule has 0 amide bonds. The van der Waals surface area contributed by atoms with Crippen molar-refractivity contribution in [3.63, 3.8) is 0 Å². The van der Waals surface area contributed by atoms with Gasteiger partial charge in [0.05, 0.1) is 7.11 Å². The van der Waals surface area contributed by atoms with Gasteiger partial charge in [0.1, 0.15) is 12.4 Å². The SMILES string of the molecule is CCN(Cc1ccc(OCCN(C)C(C)C)c(F)c1)c1cccc(OC)c1. The molecule has 0 fully saturated rings. The Balaban J connectivity index is 2.01. The number of anilines is 1. The number of hydrogen-bond donors (Lipinski definition) is 0. The van der Waals surface area contributed by atoms with E-state index in [1.165, 1.54) is 0 Å². The fraction of sp³-hybridized carbons (Fsp3) is 0.455. The van der Waals surface area contributed by atoms with Crippen LogP contribution in [0.2, 0.25) is 0 Å². The Hall–Kier alpha value is -2.27. The summed E-state index contributed by atoms with van der Waals surface area (Å²) >= 11 is 0. The third-order valence-corrected chi connectivity index (χ3v) is 4.75. The minimum Gasteiger partial charge on any atom is -0.497 e. The summed E-state index contributed by atoms with van der Waals surface area (Å²) in [6.45, 7) is 8.99. The number of likely N-dealkylation sites (N-methyl/N-ethyl adjacent to an activating group) is 1. The number of nitrogens with zero attached hydrogens (tertiary/aromatic N) is 2. The van der Waals surface area contributed by atoms with Gasteiger partial charge in [-0.3, -0.25) is 0 Å². The normalized spacial score (nSPS) is 11.1. The Bertz CT molecular complexity index is 721. The van der Waals surface area contributed by atoms with Crippen LogP contribution < -0.4 is 14.4 Å². The first kappa shape index (κ1) is 21.0. The van der Waals surface area contributed by atoms with Crippen LogP contribution in [-0.4, -0.2) is 44.8 Å². The van der Waals surface area contributed by atoms with Gasteiger partial charge >= 0.3 is 0 Å². The van der Waals surface area contributed by atoms with Crippen LogP contribution in [0, 0.1) is 5.82 Å². The van der Waals surface area contributed by atoms with Crippen LogP contribution in [0.15, 0.2) is 42.5 Å². The number of methoxy groups -OCH3 is 1. The molecule has 0 heterocycles. The van der Waals surface area contributed by atoms with Gasteiger partial charge < -0.3 is 19.3 Å². The number of hydrogen-bond acceptors (Lipinski definition) is 4. The van der Waals surface area contributed by atoms with Crippen LogP contribution in [0.4, 0.5) is 10.1 Å². The Morgan fingerprint density at radius 1 is 1.11 bits per heavy atom. The van der Waals surface area contributed by atoms with Gasteiger partial charge in [0, 0.05) is 37.4 Å². The van der Waals surface area contributed by atoms with E-state index in [2.05, 4.69) is 30.6 Å². The van der Waals surface area contributed by atoms with Crippen LogP contribution in [0.5, 0.6) is 11.5 Å². The lowest BCUT2D eigenvalue weighted by molar-refractivity contribution is 0.204. The van der Waals surface area contributed by atoms with Gasteiger partial charge in [0.2, 0.25) is 0 Å². The first-order valence-corrected chi connectivity index (χ1v) is 9.45. The maximum absolute atomic E-state index is 14.4. The van der Waals surface area contributed by atoms with E-state index in [-0.39, 0.29) is 5.82 Å². The third kappa shape index (κ3) is 6.14. The largest absolute Gasteiger partial charge is 0.497 e. The molecule has 0 saturated heterocycles. The van der Waals surface area contributed by atoms with Crippen molar-refractivity contribution in [1.82, 2.24) is 4.90 Å². The number of halogens is 1. The van der Waals surface area contributed by atoms with Crippen molar-refractivity contribution in [3.05, 3.63) is 53.8 Å². The molecule has 0 radical (unpaired) electrons. The van der Waals surface area contributed by atoms with Crippen LogP contribution >= 0.6 is 0 Å². The minimum atomic E-state index is -0.318. The number of benzene rings is 2. The topological polar surface area (TPSA) is 24.9 Å². The molecule has 0 unspecified atom stereocenters. The highest BCUT2D eigenvalue weighted by molar-refractivity contribution is 5.51. The average Bonchev–Trinajstić information content (AvgIpc) is 2.67. The lowest BCUT2D eigenvalue weighted by Crippen LogP contribution is -2.30. The molecular weight excluding hydrogens is 343 g/mol. The zero-order valence-corrected chi connectivity index (χ0v) is 17.0. The third-order valence-electron chi connectivity index (χ3n) is 4.75. The molecule has 0 aliphatic heterocycles. The summed E-state index contributed by atoms with van der Waals surface area (Å²) in [5.41, 5.74) is 1.96. The predicted octanol–water partition coefficient (Wildman–Crippen LogP) is 4.58. The van der Waals surface area contributed by atoms with E-state index >= 15 is 0 Å². The summed E-state index contributed by atoms with van der Waals surface area (Å²) in [4.78, 5) is 4.34.